The molecule has 0 aliphatic rings. The van der Waals surface area contributed by atoms with Crippen LogP contribution in [0.4, 0.5) is 4.39 Å². The van der Waals surface area contributed by atoms with E-state index in [0.29, 0.717) is 4.47 Å². The maximum Gasteiger partial charge on any atom is 0.305 e. The molecular weight excluding hydrogens is 279 g/mol. The van der Waals surface area contributed by atoms with Crippen LogP contribution in [0.1, 0.15) is 24.5 Å². The van der Waals surface area contributed by atoms with E-state index in [2.05, 4.69) is 20.7 Å². The minimum absolute atomic E-state index is 0.0627. The number of hydrogen-bond donors (Lipinski definition) is 1. The molecule has 1 N–H and O–H groups in total. The predicted octanol–water partition coefficient (Wildman–Crippen LogP) is 2.57. The fraction of sp³-hybridized carbons (Fsp3) is 0.364. The Morgan fingerprint density at radius 3 is 2.88 bits per heavy atom. The molecule has 1 aromatic carbocycles. The molecular formula is C11H12BrFO3. The number of carbonyl (C=O) groups is 1. The molecule has 0 spiro atoms. The van der Waals surface area contributed by atoms with Gasteiger partial charge in [-0.15, -0.1) is 0 Å². The highest BCUT2D eigenvalue weighted by molar-refractivity contribution is 9.10. The van der Waals surface area contributed by atoms with Crippen LogP contribution in [0.15, 0.2) is 22.7 Å². The van der Waals surface area contributed by atoms with Crippen molar-refractivity contribution in [2.24, 2.45) is 0 Å². The molecule has 0 saturated heterocycles. The van der Waals surface area contributed by atoms with E-state index in [1.54, 1.807) is 6.07 Å². The molecule has 1 rings (SSSR count). The van der Waals surface area contributed by atoms with Gasteiger partial charge in [-0.3, -0.25) is 4.79 Å². The Balaban J connectivity index is 2.65. The minimum Gasteiger partial charge on any atom is -0.469 e. The highest BCUT2D eigenvalue weighted by atomic mass is 79.9. The Morgan fingerprint density at radius 1 is 1.62 bits per heavy atom. The van der Waals surface area contributed by atoms with Crippen molar-refractivity contribution in [1.82, 2.24) is 0 Å². The maximum atomic E-state index is 13.4. The molecule has 0 aliphatic heterocycles. The quantitative estimate of drug-likeness (QED) is 0.867. The highest BCUT2D eigenvalue weighted by Gasteiger charge is 2.14. The molecule has 3 nitrogen and oxygen atoms in total. The van der Waals surface area contributed by atoms with Crippen molar-refractivity contribution in [1.29, 1.82) is 0 Å². The van der Waals surface area contributed by atoms with Gasteiger partial charge in [-0.05, 0) is 18.6 Å². The average molecular weight is 291 g/mol. The van der Waals surface area contributed by atoms with Gasteiger partial charge in [0.2, 0.25) is 0 Å². The third-order valence-corrected chi connectivity index (χ3v) is 2.66. The Bertz CT molecular complexity index is 381. The smallest absolute Gasteiger partial charge is 0.305 e. The molecule has 0 aromatic heterocycles. The topological polar surface area (TPSA) is 46.5 Å². The number of ether oxygens (including phenoxy) is 1. The van der Waals surface area contributed by atoms with Gasteiger partial charge in [0.25, 0.3) is 0 Å². The molecule has 0 aliphatic carbocycles. The summed E-state index contributed by atoms with van der Waals surface area (Å²) >= 11 is 3.12. The normalized spacial score (nSPS) is 12.2. The van der Waals surface area contributed by atoms with Crippen LogP contribution in [-0.4, -0.2) is 18.2 Å². The molecule has 0 bridgehead atoms. The first-order valence-corrected chi connectivity index (χ1v) is 5.53. The monoisotopic (exact) mass is 290 g/mol. The second-order valence-electron chi connectivity index (χ2n) is 3.30. The van der Waals surface area contributed by atoms with E-state index in [0.717, 1.165) is 0 Å². The second kappa shape index (κ2) is 5.96. The van der Waals surface area contributed by atoms with Crippen LogP contribution >= 0.6 is 15.9 Å². The van der Waals surface area contributed by atoms with Crippen molar-refractivity contribution in [3.8, 4) is 0 Å². The van der Waals surface area contributed by atoms with E-state index in [-0.39, 0.29) is 18.4 Å². The SMILES string of the molecule is COC(=O)CCC(O)c1ccc(Br)cc1F. The largest absolute Gasteiger partial charge is 0.469 e. The average Bonchev–Trinajstić information content (AvgIpc) is 2.25. The van der Waals surface area contributed by atoms with E-state index in [9.17, 15) is 14.3 Å². The Hall–Kier alpha value is -0.940. The molecule has 0 radical (unpaired) electrons. The van der Waals surface area contributed by atoms with Crippen molar-refractivity contribution in [2.75, 3.05) is 7.11 Å². The summed E-state index contributed by atoms with van der Waals surface area (Å²) in [4.78, 5) is 10.9. The van der Waals surface area contributed by atoms with Gasteiger partial charge in [0.05, 0.1) is 13.2 Å². The summed E-state index contributed by atoms with van der Waals surface area (Å²) in [5.74, 6) is -0.914. The first kappa shape index (κ1) is 13.1. The zero-order chi connectivity index (χ0) is 12.1. The van der Waals surface area contributed by atoms with Gasteiger partial charge >= 0.3 is 5.97 Å². The Labute approximate surface area is 101 Å². The van der Waals surface area contributed by atoms with E-state index in [4.69, 9.17) is 0 Å². The number of esters is 1. The molecule has 1 atom stereocenters. The maximum absolute atomic E-state index is 13.4. The molecule has 1 unspecified atom stereocenters. The lowest BCUT2D eigenvalue weighted by Crippen LogP contribution is -2.06. The molecule has 88 valence electrons. The molecule has 0 fully saturated rings. The van der Waals surface area contributed by atoms with Crippen molar-refractivity contribution < 1.29 is 19.0 Å². The number of benzene rings is 1. The minimum atomic E-state index is -0.993. The van der Waals surface area contributed by atoms with Crippen molar-refractivity contribution in [3.05, 3.63) is 34.1 Å². The highest BCUT2D eigenvalue weighted by Crippen LogP contribution is 2.24. The standard InChI is InChI=1S/C11H12BrFO3/c1-16-11(15)5-4-10(14)8-3-2-7(12)6-9(8)13/h2-3,6,10,14H,4-5H2,1H3. The zero-order valence-electron chi connectivity index (χ0n) is 8.74. The van der Waals surface area contributed by atoms with E-state index in [1.807, 2.05) is 0 Å². The van der Waals surface area contributed by atoms with Crippen molar-refractivity contribution >= 4 is 21.9 Å². The fourth-order valence-corrected chi connectivity index (χ4v) is 1.62. The van der Waals surface area contributed by atoms with Gasteiger partial charge < -0.3 is 9.84 Å². The van der Waals surface area contributed by atoms with E-state index < -0.39 is 17.9 Å². The molecule has 0 saturated carbocycles. The zero-order valence-corrected chi connectivity index (χ0v) is 10.3. The Kier molecular flexibility index (Phi) is 4.89. The summed E-state index contributed by atoms with van der Waals surface area (Å²) in [6.45, 7) is 0. The van der Waals surface area contributed by atoms with Gasteiger partial charge in [0.15, 0.2) is 0 Å². The molecule has 0 amide bonds. The lowest BCUT2D eigenvalue weighted by Gasteiger charge is -2.11. The summed E-state index contributed by atoms with van der Waals surface area (Å²) < 4.78 is 18.4. The number of aliphatic hydroxyl groups excluding tert-OH is 1. The lowest BCUT2D eigenvalue weighted by atomic mass is 10.0. The summed E-state index contributed by atoms with van der Waals surface area (Å²) in [5.41, 5.74) is 0.187. The molecule has 16 heavy (non-hydrogen) atoms. The van der Waals surface area contributed by atoms with Gasteiger partial charge in [0.1, 0.15) is 5.82 Å². The van der Waals surface area contributed by atoms with Crippen LogP contribution < -0.4 is 0 Å². The van der Waals surface area contributed by atoms with Crippen LogP contribution in [-0.2, 0) is 9.53 Å². The van der Waals surface area contributed by atoms with E-state index in [1.165, 1.54) is 19.2 Å². The van der Waals surface area contributed by atoms with E-state index >= 15 is 0 Å². The number of carbonyl (C=O) groups excluding carboxylic acids is 1. The molecule has 0 heterocycles. The number of rotatable bonds is 4. The van der Waals surface area contributed by atoms with Crippen LogP contribution in [0.25, 0.3) is 0 Å². The van der Waals surface area contributed by atoms with Gasteiger partial charge in [0, 0.05) is 16.5 Å². The van der Waals surface area contributed by atoms with Crippen LogP contribution in [0.3, 0.4) is 0 Å². The summed E-state index contributed by atoms with van der Waals surface area (Å²) in [5, 5.41) is 9.67. The summed E-state index contributed by atoms with van der Waals surface area (Å²) in [7, 11) is 1.27. The van der Waals surface area contributed by atoms with Crippen LogP contribution in [0, 0.1) is 5.82 Å². The predicted molar refractivity (Wildman–Crippen MR) is 60.3 cm³/mol. The third-order valence-electron chi connectivity index (χ3n) is 2.17. The van der Waals surface area contributed by atoms with Crippen molar-refractivity contribution in [2.45, 2.75) is 18.9 Å². The molecule has 5 heteroatoms. The number of aliphatic hydroxyl groups is 1. The fourth-order valence-electron chi connectivity index (χ4n) is 1.28. The second-order valence-corrected chi connectivity index (χ2v) is 4.21. The Morgan fingerprint density at radius 2 is 2.31 bits per heavy atom. The molecule has 1 aromatic rings. The number of methoxy groups -OCH3 is 1. The summed E-state index contributed by atoms with van der Waals surface area (Å²) in [6.07, 6.45) is -0.787. The lowest BCUT2D eigenvalue weighted by molar-refractivity contribution is -0.141. The van der Waals surface area contributed by atoms with Crippen LogP contribution in [0.2, 0.25) is 0 Å². The van der Waals surface area contributed by atoms with Gasteiger partial charge in [-0.25, -0.2) is 4.39 Å². The van der Waals surface area contributed by atoms with Crippen molar-refractivity contribution in [3.63, 3.8) is 0 Å². The first-order valence-electron chi connectivity index (χ1n) is 4.74. The van der Waals surface area contributed by atoms with Gasteiger partial charge in [-0.2, -0.15) is 0 Å². The third kappa shape index (κ3) is 3.57. The summed E-state index contributed by atoms with van der Waals surface area (Å²) in [6, 6.07) is 4.40. The number of halogens is 2. The first-order chi connectivity index (χ1) is 7.54. The van der Waals surface area contributed by atoms with Crippen LogP contribution in [0.5, 0.6) is 0 Å². The van der Waals surface area contributed by atoms with Gasteiger partial charge in [-0.1, -0.05) is 22.0 Å². The number of hydrogen-bond acceptors (Lipinski definition) is 3.